The van der Waals surface area contributed by atoms with Crippen LogP contribution < -0.4 is 5.73 Å². The molecule has 0 saturated carbocycles. The molecule has 0 fully saturated rings. The van der Waals surface area contributed by atoms with Gasteiger partial charge in [-0.15, -0.1) is 0 Å². The third-order valence-electron chi connectivity index (χ3n) is 9.07. The molecule has 2 aromatic carbocycles. The van der Waals surface area contributed by atoms with Crippen molar-refractivity contribution in [3.63, 3.8) is 0 Å². The highest BCUT2D eigenvalue weighted by Gasteiger charge is 2.62. The number of alkyl halides is 5. The lowest BCUT2D eigenvalue weighted by Crippen LogP contribution is -2.59. The molecule has 0 spiro atoms. The van der Waals surface area contributed by atoms with Crippen LogP contribution in [0.3, 0.4) is 0 Å². The summed E-state index contributed by atoms with van der Waals surface area (Å²) in [6.45, 7) is 13.3. The largest absolute Gasteiger partial charge is 0.416 e. The van der Waals surface area contributed by atoms with Crippen LogP contribution in [0.4, 0.5) is 30.7 Å². The van der Waals surface area contributed by atoms with Crippen molar-refractivity contribution in [2.24, 2.45) is 23.0 Å². The molecule has 0 bridgehead atoms. The van der Waals surface area contributed by atoms with Crippen LogP contribution in [0.25, 0.3) is 0 Å². The van der Waals surface area contributed by atoms with E-state index in [1.165, 1.54) is 32.3 Å². The summed E-state index contributed by atoms with van der Waals surface area (Å²) in [5, 5.41) is 7.96. The highest BCUT2D eigenvalue weighted by molar-refractivity contribution is 5.84. The molecule has 2 aromatic heterocycles. The predicted molar refractivity (Wildman–Crippen MR) is 164 cm³/mol. The van der Waals surface area contributed by atoms with Crippen LogP contribution in [0.1, 0.15) is 65.2 Å². The van der Waals surface area contributed by atoms with Crippen molar-refractivity contribution < 1.29 is 35.5 Å². The summed E-state index contributed by atoms with van der Waals surface area (Å²) in [6.07, 6.45) is 1.07. The van der Waals surface area contributed by atoms with Gasteiger partial charge in [-0.05, 0) is 41.0 Å². The normalized spacial score (nSPS) is 15.1. The number of rotatable bonds is 10. The minimum atomic E-state index is -4.33. The summed E-state index contributed by atoms with van der Waals surface area (Å²) in [4.78, 5) is 19.1. The average Bonchev–Trinajstić information content (AvgIpc) is 3.68. The third kappa shape index (κ3) is 7.39. The van der Waals surface area contributed by atoms with Gasteiger partial charge in [0.2, 0.25) is 0 Å². The van der Waals surface area contributed by atoms with E-state index in [9.17, 15) is 35.5 Å². The Hall–Kier alpha value is -4.30. The summed E-state index contributed by atoms with van der Waals surface area (Å²) in [5.74, 6) is -8.88. The fourth-order valence-electron chi connectivity index (χ4n) is 6.52. The van der Waals surface area contributed by atoms with Gasteiger partial charge < -0.3 is 5.73 Å². The quantitative estimate of drug-likeness (QED) is 0.178. The predicted octanol–water partition coefficient (Wildman–Crippen LogP) is 7.21. The number of nitrogens with two attached hydrogens (primary N) is 1. The SMILES string of the molecule is CC(C)[C@@](Cn1cncn1)(c1ccc(C(F)(F)F)cc1)C(C)(C)C.CC(C)[C@@](Cn1cncn1)(c1ccc(F)cc1F)C(F)(F)C(N)=O. The number of hydrogen-bond acceptors (Lipinski definition) is 5. The molecular weight excluding hydrogens is 643 g/mol. The maximum atomic E-state index is 14.9. The van der Waals surface area contributed by atoms with Gasteiger partial charge in [-0.2, -0.15) is 32.1 Å². The summed E-state index contributed by atoms with van der Waals surface area (Å²) >= 11 is 0. The topological polar surface area (TPSA) is 105 Å². The number of primary amides is 1. The van der Waals surface area contributed by atoms with E-state index in [4.69, 9.17) is 5.73 Å². The molecule has 0 aliphatic carbocycles. The number of aromatic nitrogens is 6. The van der Waals surface area contributed by atoms with E-state index >= 15 is 0 Å². The van der Waals surface area contributed by atoms with Crippen molar-refractivity contribution in [2.75, 3.05) is 0 Å². The van der Waals surface area contributed by atoms with Gasteiger partial charge in [0.05, 0.1) is 24.1 Å². The fraction of sp³-hybridized carbons (Fsp3) is 0.485. The first kappa shape index (κ1) is 38.2. The third-order valence-corrected chi connectivity index (χ3v) is 9.07. The summed E-state index contributed by atoms with van der Waals surface area (Å²) < 4.78 is 98.8. The number of hydrogen-bond donors (Lipinski definition) is 1. The molecule has 2 atom stereocenters. The van der Waals surface area contributed by atoms with Gasteiger partial charge in [0.15, 0.2) is 0 Å². The van der Waals surface area contributed by atoms with E-state index in [0.717, 1.165) is 35.0 Å². The zero-order chi connectivity index (χ0) is 36.3. The molecule has 0 aliphatic heterocycles. The lowest BCUT2D eigenvalue weighted by Gasteiger charge is -2.48. The number of nitrogens with zero attached hydrogens (tertiary/aromatic N) is 6. The van der Waals surface area contributed by atoms with Crippen molar-refractivity contribution in [1.82, 2.24) is 29.5 Å². The molecule has 15 heteroatoms. The Kier molecular flexibility index (Phi) is 11.2. The first-order valence-electron chi connectivity index (χ1n) is 15.1. The molecule has 4 rings (SSSR count). The van der Waals surface area contributed by atoms with Crippen LogP contribution in [-0.4, -0.2) is 41.4 Å². The maximum absolute atomic E-state index is 14.9. The van der Waals surface area contributed by atoms with Crippen LogP contribution in [-0.2, 0) is 34.9 Å². The summed E-state index contributed by atoms with van der Waals surface area (Å²) in [5.41, 5.74) is 1.71. The van der Waals surface area contributed by atoms with Gasteiger partial charge in [-0.3, -0.25) is 14.2 Å². The zero-order valence-electron chi connectivity index (χ0n) is 27.7. The molecule has 262 valence electrons. The van der Waals surface area contributed by atoms with E-state index in [1.54, 1.807) is 23.1 Å². The van der Waals surface area contributed by atoms with Gasteiger partial charge in [-0.25, -0.2) is 18.7 Å². The van der Waals surface area contributed by atoms with Crippen LogP contribution in [0.5, 0.6) is 0 Å². The van der Waals surface area contributed by atoms with Crippen LogP contribution >= 0.6 is 0 Å². The van der Waals surface area contributed by atoms with E-state index in [1.807, 2.05) is 0 Å². The Labute approximate surface area is 274 Å². The number of amides is 1. The van der Waals surface area contributed by atoms with E-state index in [2.05, 4.69) is 54.8 Å². The molecule has 1 amide bonds. The lowest BCUT2D eigenvalue weighted by molar-refractivity contribution is -0.161. The van der Waals surface area contributed by atoms with E-state index in [0.29, 0.717) is 12.6 Å². The van der Waals surface area contributed by atoms with Crippen molar-refractivity contribution in [3.05, 3.63) is 96.1 Å². The standard InChI is InChI=1S/C18H24F3N3.C15H16F4N4O/c1-13(2)17(16(3,4)5,10-24-12-22-11-23-24)14-6-8-15(9-7-14)18(19,20)21;1-9(2)14(15(18,19)13(20)24,6-23-8-21-7-22-23)11-4-3-10(16)5-12(11)17/h6-9,11-13H,10H2,1-5H3;3-5,7-9H,6H2,1-2H3,(H2,20,24)/t17-;14-/m00/s1. The molecular formula is C33H40F7N7O. The van der Waals surface area contributed by atoms with Crippen molar-refractivity contribution in [2.45, 2.75) is 84.5 Å². The molecule has 0 radical (unpaired) electrons. The number of carbonyl (C=O) groups excluding carboxylic acids is 1. The van der Waals surface area contributed by atoms with Crippen LogP contribution in [0.2, 0.25) is 0 Å². The first-order chi connectivity index (χ1) is 22.1. The summed E-state index contributed by atoms with van der Waals surface area (Å²) in [6, 6.07) is 7.78. The molecule has 0 saturated heterocycles. The first-order valence-corrected chi connectivity index (χ1v) is 15.1. The number of benzene rings is 2. The van der Waals surface area contributed by atoms with Gasteiger partial charge in [0, 0.05) is 17.0 Å². The number of halogens is 7. The van der Waals surface area contributed by atoms with Gasteiger partial charge in [0.1, 0.15) is 36.9 Å². The van der Waals surface area contributed by atoms with Gasteiger partial charge in [0.25, 0.3) is 5.91 Å². The van der Waals surface area contributed by atoms with Crippen molar-refractivity contribution >= 4 is 5.91 Å². The number of carbonyl (C=O) groups is 1. The Morgan fingerprint density at radius 2 is 1.21 bits per heavy atom. The molecule has 48 heavy (non-hydrogen) atoms. The second-order valence-electron chi connectivity index (χ2n) is 13.3. The zero-order valence-corrected chi connectivity index (χ0v) is 27.7. The second kappa shape index (κ2) is 14.0. The summed E-state index contributed by atoms with van der Waals surface area (Å²) in [7, 11) is 0. The van der Waals surface area contributed by atoms with Crippen molar-refractivity contribution in [1.29, 1.82) is 0 Å². The molecule has 2 heterocycles. The molecule has 0 aliphatic rings. The van der Waals surface area contributed by atoms with Crippen molar-refractivity contribution in [3.8, 4) is 0 Å². The fourth-order valence-corrected chi connectivity index (χ4v) is 6.52. The highest BCUT2D eigenvalue weighted by Crippen LogP contribution is 2.49. The monoisotopic (exact) mass is 683 g/mol. The Morgan fingerprint density at radius 3 is 1.56 bits per heavy atom. The average molecular weight is 684 g/mol. The molecule has 2 N–H and O–H groups in total. The molecule has 0 unspecified atom stereocenters. The maximum Gasteiger partial charge on any atom is 0.416 e. The minimum Gasteiger partial charge on any atom is -0.364 e. The highest BCUT2D eigenvalue weighted by atomic mass is 19.4. The Bertz CT molecular complexity index is 1630. The minimum absolute atomic E-state index is 0.188. The lowest BCUT2D eigenvalue weighted by atomic mass is 9.57. The molecule has 8 nitrogen and oxygen atoms in total. The van der Waals surface area contributed by atoms with E-state index < -0.39 is 58.6 Å². The smallest absolute Gasteiger partial charge is 0.364 e. The Morgan fingerprint density at radius 1 is 0.750 bits per heavy atom. The van der Waals surface area contributed by atoms with Crippen LogP contribution in [0, 0.1) is 28.9 Å². The van der Waals surface area contributed by atoms with Gasteiger partial charge in [-0.1, -0.05) is 66.7 Å². The van der Waals surface area contributed by atoms with Gasteiger partial charge >= 0.3 is 12.1 Å². The second-order valence-corrected chi connectivity index (χ2v) is 13.3. The Balaban J connectivity index is 0.000000260. The van der Waals surface area contributed by atoms with E-state index in [-0.39, 0.29) is 16.7 Å². The molecule has 4 aromatic rings. The van der Waals surface area contributed by atoms with Crippen LogP contribution in [0.15, 0.2) is 67.8 Å².